The van der Waals surface area contributed by atoms with Gasteiger partial charge in [0.2, 0.25) is 0 Å². The van der Waals surface area contributed by atoms with Crippen molar-refractivity contribution in [3.63, 3.8) is 0 Å². The Kier molecular flexibility index (Phi) is 2.75. The van der Waals surface area contributed by atoms with E-state index in [0.29, 0.717) is 5.69 Å². The van der Waals surface area contributed by atoms with Gasteiger partial charge in [0.1, 0.15) is 0 Å². The third kappa shape index (κ3) is 1.89. The van der Waals surface area contributed by atoms with Crippen molar-refractivity contribution in [2.75, 3.05) is 13.1 Å². The maximum atomic E-state index is 12.0. The molecule has 1 aromatic rings. The molecule has 1 aliphatic rings. The van der Waals surface area contributed by atoms with E-state index in [1.807, 2.05) is 29.5 Å². The Balaban J connectivity index is 2.17. The van der Waals surface area contributed by atoms with Gasteiger partial charge in [-0.1, -0.05) is 0 Å². The SMILES string of the molecule is CCn1nc(C(=O)N2CCCC2)cc1C. The van der Waals surface area contributed by atoms with Crippen LogP contribution in [0.4, 0.5) is 0 Å². The van der Waals surface area contributed by atoms with E-state index < -0.39 is 0 Å². The molecule has 1 fully saturated rings. The van der Waals surface area contributed by atoms with E-state index in [0.717, 1.165) is 38.2 Å². The summed E-state index contributed by atoms with van der Waals surface area (Å²) in [7, 11) is 0. The number of rotatable bonds is 2. The minimum Gasteiger partial charge on any atom is -0.337 e. The molecule has 0 N–H and O–H groups in total. The van der Waals surface area contributed by atoms with Gasteiger partial charge in [-0.05, 0) is 32.8 Å². The van der Waals surface area contributed by atoms with Crippen molar-refractivity contribution in [3.05, 3.63) is 17.5 Å². The maximum Gasteiger partial charge on any atom is 0.274 e. The molecule has 0 spiro atoms. The molecule has 1 saturated heterocycles. The highest BCUT2D eigenvalue weighted by atomic mass is 16.2. The van der Waals surface area contributed by atoms with Gasteiger partial charge in [-0.15, -0.1) is 0 Å². The van der Waals surface area contributed by atoms with Gasteiger partial charge in [-0.25, -0.2) is 0 Å². The zero-order valence-corrected chi connectivity index (χ0v) is 9.36. The van der Waals surface area contributed by atoms with E-state index in [2.05, 4.69) is 5.10 Å². The number of aromatic nitrogens is 2. The van der Waals surface area contributed by atoms with Crippen molar-refractivity contribution >= 4 is 5.91 Å². The van der Waals surface area contributed by atoms with Crippen LogP contribution in [0, 0.1) is 6.92 Å². The summed E-state index contributed by atoms with van der Waals surface area (Å²) in [6.45, 7) is 6.61. The summed E-state index contributed by atoms with van der Waals surface area (Å²) in [4.78, 5) is 13.9. The lowest BCUT2D eigenvalue weighted by Gasteiger charge is -2.12. The van der Waals surface area contributed by atoms with Crippen LogP contribution in [0.1, 0.15) is 35.9 Å². The minimum atomic E-state index is 0.0859. The molecule has 1 amide bonds. The Morgan fingerprint density at radius 2 is 2.13 bits per heavy atom. The molecule has 0 atom stereocenters. The minimum absolute atomic E-state index is 0.0859. The average molecular weight is 207 g/mol. The molecule has 0 aromatic carbocycles. The van der Waals surface area contributed by atoms with Gasteiger partial charge in [0.15, 0.2) is 5.69 Å². The van der Waals surface area contributed by atoms with E-state index in [1.54, 1.807) is 0 Å². The van der Waals surface area contributed by atoms with E-state index >= 15 is 0 Å². The third-order valence-corrected chi connectivity index (χ3v) is 2.89. The molecule has 0 saturated carbocycles. The molecule has 1 aliphatic heterocycles. The molecule has 2 rings (SSSR count). The topological polar surface area (TPSA) is 38.1 Å². The highest BCUT2D eigenvalue weighted by Gasteiger charge is 2.21. The second-order valence-electron chi connectivity index (χ2n) is 3.99. The third-order valence-electron chi connectivity index (χ3n) is 2.89. The molecule has 0 unspecified atom stereocenters. The Labute approximate surface area is 89.9 Å². The lowest BCUT2D eigenvalue weighted by Crippen LogP contribution is -2.28. The highest BCUT2D eigenvalue weighted by Crippen LogP contribution is 2.12. The first-order valence-electron chi connectivity index (χ1n) is 5.56. The molecule has 0 radical (unpaired) electrons. The van der Waals surface area contributed by atoms with Crippen LogP contribution in [-0.2, 0) is 6.54 Å². The number of amides is 1. The van der Waals surface area contributed by atoms with Crippen molar-refractivity contribution in [2.45, 2.75) is 33.2 Å². The van der Waals surface area contributed by atoms with Gasteiger partial charge in [-0.2, -0.15) is 5.10 Å². The highest BCUT2D eigenvalue weighted by molar-refractivity contribution is 5.92. The molecule has 82 valence electrons. The molecular weight excluding hydrogens is 190 g/mol. The number of carbonyl (C=O) groups is 1. The van der Waals surface area contributed by atoms with Gasteiger partial charge in [0, 0.05) is 25.3 Å². The summed E-state index contributed by atoms with van der Waals surface area (Å²) < 4.78 is 1.86. The monoisotopic (exact) mass is 207 g/mol. The summed E-state index contributed by atoms with van der Waals surface area (Å²) in [5.74, 6) is 0.0859. The molecule has 1 aromatic heterocycles. The fourth-order valence-corrected chi connectivity index (χ4v) is 2.02. The molecule has 0 aliphatic carbocycles. The van der Waals surface area contributed by atoms with E-state index in [1.165, 1.54) is 0 Å². The van der Waals surface area contributed by atoms with Crippen molar-refractivity contribution < 1.29 is 4.79 Å². The van der Waals surface area contributed by atoms with Crippen LogP contribution >= 0.6 is 0 Å². The summed E-state index contributed by atoms with van der Waals surface area (Å²) in [5, 5.41) is 4.30. The van der Waals surface area contributed by atoms with Crippen LogP contribution in [-0.4, -0.2) is 33.7 Å². The molecule has 2 heterocycles. The van der Waals surface area contributed by atoms with Gasteiger partial charge >= 0.3 is 0 Å². The number of hydrogen-bond acceptors (Lipinski definition) is 2. The van der Waals surface area contributed by atoms with Crippen molar-refractivity contribution in [1.29, 1.82) is 0 Å². The van der Waals surface area contributed by atoms with Crippen molar-refractivity contribution in [2.24, 2.45) is 0 Å². The number of hydrogen-bond donors (Lipinski definition) is 0. The first kappa shape index (κ1) is 10.2. The standard InChI is InChI=1S/C11H17N3O/c1-3-14-9(2)8-10(12-14)11(15)13-6-4-5-7-13/h8H,3-7H2,1-2H3. The van der Waals surface area contributed by atoms with E-state index in [9.17, 15) is 4.79 Å². The molecule has 4 nitrogen and oxygen atoms in total. The fourth-order valence-electron chi connectivity index (χ4n) is 2.02. The molecule has 0 bridgehead atoms. The summed E-state index contributed by atoms with van der Waals surface area (Å²) in [6.07, 6.45) is 2.25. The lowest BCUT2D eigenvalue weighted by molar-refractivity contribution is 0.0786. The Hall–Kier alpha value is -1.32. The molecule has 4 heteroatoms. The lowest BCUT2D eigenvalue weighted by atomic mass is 10.3. The van der Waals surface area contributed by atoms with Gasteiger partial charge in [-0.3, -0.25) is 9.48 Å². The van der Waals surface area contributed by atoms with Crippen LogP contribution in [0.3, 0.4) is 0 Å². The van der Waals surface area contributed by atoms with Crippen molar-refractivity contribution in [3.8, 4) is 0 Å². The van der Waals surface area contributed by atoms with Crippen molar-refractivity contribution in [1.82, 2.24) is 14.7 Å². The quantitative estimate of drug-likeness (QED) is 0.736. The first-order chi connectivity index (χ1) is 7.22. The average Bonchev–Trinajstić information content (AvgIpc) is 2.85. The normalized spacial score (nSPS) is 16.0. The fraction of sp³-hybridized carbons (Fsp3) is 0.636. The number of nitrogens with zero attached hydrogens (tertiary/aromatic N) is 3. The van der Waals surface area contributed by atoms with E-state index in [-0.39, 0.29) is 5.91 Å². The number of likely N-dealkylation sites (tertiary alicyclic amines) is 1. The number of carbonyl (C=O) groups excluding carboxylic acids is 1. The maximum absolute atomic E-state index is 12.0. The predicted octanol–water partition coefficient (Wildman–Crippen LogP) is 1.45. The van der Waals surface area contributed by atoms with Crippen LogP contribution in [0.15, 0.2) is 6.07 Å². The Bertz CT molecular complexity index is 364. The second kappa shape index (κ2) is 4.04. The summed E-state index contributed by atoms with van der Waals surface area (Å²) in [5.41, 5.74) is 1.65. The van der Waals surface area contributed by atoms with Gasteiger partial charge in [0.05, 0.1) is 0 Å². The Morgan fingerprint density at radius 3 is 2.67 bits per heavy atom. The second-order valence-corrected chi connectivity index (χ2v) is 3.99. The van der Waals surface area contributed by atoms with Crippen LogP contribution in [0.5, 0.6) is 0 Å². The molecule has 15 heavy (non-hydrogen) atoms. The zero-order valence-electron chi connectivity index (χ0n) is 9.36. The smallest absolute Gasteiger partial charge is 0.274 e. The zero-order chi connectivity index (χ0) is 10.8. The van der Waals surface area contributed by atoms with Gasteiger partial charge in [0.25, 0.3) is 5.91 Å². The van der Waals surface area contributed by atoms with Gasteiger partial charge < -0.3 is 4.90 Å². The first-order valence-corrected chi connectivity index (χ1v) is 5.56. The van der Waals surface area contributed by atoms with Crippen LogP contribution < -0.4 is 0 Å². The van der Waals surface area contributed by atoms with Crippen LogP contribution in [0.2, 0.25) is 0 Å². The number of aryl methyl sites for hydroxylation is 2. The summed E-state index contributed by atoms with van der Waals surface area (Å²) >= 11 is 0. The summed E-state index contributed by atoms with van der Waals surface area (Å²) in [6, 6.07) is 1.88. The molecular formula is C11H17N3O. The van der Waals surface area contributed by atoms with E-state index in [4.69, 9.17) is 0 Å². The van der Waals surface area contributed by atoms with Crippen LogP contribution in [0.25, 0.3) is 0 Å². The predicted molar refractivity (Wildman–Crippen MR) is 57.8 cm³/mol. The largest absolute Gasteiger partial charge is 0.337 e. The Morgan fingerprint density at radius 1 is 1.47 bits per heavy atom.